The minimum Gasteiger partial charge on any atom is -0.496 e. The summed E-state index contributed by atoms with van der Waals surface area (Å²) in [5.74, 6) is 0.754. The van der Waals surface area contributed by atoms with Crippen LogP contribution in [0.5, 0.6) is 5.75 Å². The third-order valence-electron chi connectivity index (χ3n) is 3.86. The molecule has 1 aromatic rings. The first-order valence-corrected chi connectivity index (χ1v) is 7.50. The Balaban J connectivity index is 2.16. The van der Waals surface area contributed by atoms with Crippen molar-refractivity contribution in [3.8, 4) is 5.75 Å². The van der Waals surface area contributed by atoms with E-state index < -0.39 is 0 Å². The fourth-order valence-corrected chi connectivity index (χ4v) is 2.81. The van der Waals surface area contributed by atoms with Crippen molar-refractivity contribution in [2.75, 3.05) is 14.2 Å². The van der Waals surface area contributed by atoms with Crippen LogP contribution < -0.4 is 10.1 Å². The maximum atomic E-state index is 11.6. The van der Waals surface area contributed by atoms with Crippen molar-refractivity contribution in [3.05, 3.63) is 28.8 Å². The number of methoxy groups -OCH3 is 2. The second-order valence-electron chi connectivity index (χ2n) is 5.90. The van der Waals surface area contributed by atoms with Crippen molar-refractivity contribution >= 4 is 5.97 Å². The molecular weight excluding hydrogens is 266 g/mol. The van der Waals surface area contributed by atoms with Crippen LogP contribution in [-0.4, -0.2) is 32.3 Å². The van der Waals surface area contributed by atoms with Gasteiger partial charge in [-0.15, -0.1) is 0 Å². The number of hydrogen-bond donors (Lipinski definition) is 1. The highest BCUT2D eigenvalue weighted by Crippen LogP contribution is 2.28. The molecule has 21 heavy (non-hydrogen) atoms. The Kier molecular flexibility index (Phi) is 5.23. The molecule has 0 saturated heterocycles. The van der Waals surface area contributed by atoms with E-state index in [0.717, 1.165) is 23.3 Å². The van der Waals surface area contributed by atoms with Gasteiger partial charge in [0.05, 0.1) is 20.6 Å². The summed E-state index contributed by atoms with van der Waals surface area (Å²) in [7, 11) is 3.14. The summed E-state index contributed by atoms with van der Waals surface area (Å²) < 4.78 is 10.4. The highest BCUT2D eigenvalue weighted by atomic mass is 16.5. The van der Waals surface area contributed by atoms with Crippen LogP contribution in [0.2, 0.25) is 0 Å². The molecule has 1 fully saturated rings. The maximum absolute atomic E-state index is 11.6. The first-order valence-electron chi connectivity index (χ1n) is 7.50. The molecule has 1 unspecified atom stereocenters. The van der Waals surface area contributed by atoms with Gasteiger partial charge in [0.15, 0.2) is 0 Å². The van der Waals surface area contributed by atoms with Crippen LogP contribution in [0.25, 0.3) is 0 Å². The Morgan fingerprint density at radius 2 is 2.05 bits per heavy atom. The van der Waals surface area contributed by atoms with Gasteiger partial charge in [-0.3, -0.25) is 4.79 Å². The lowest BCUT2D eigenvalue weighted by Crippen LogP contribution is -2.35. The highest BCUT2D eigenvalue weighted by Gasteiger charge is 2.27. The Morgan fingerprint density at radius 1 is 1.33 bits per heavy atom. The molecule has 0 aliphatic heterocycles. The lowest BCUT2D eigenvalue weighted by molar-refractivity contribution is -0.141. The zero-order valence-corrected chi connectivity index (χ0v) is 13.4. The molecule has 1 N–H and O–H groups in total. The van der Waals surface area contributed by atoms with E-state index in [1.807, 2.05) is 0 Å². The quantitative estimate of drug-likeness (QED) is 0.784. The van der Waals surface area contributed by atoms with Gasteiger partial charge >= 0.3 is 5.97 Å². The normalized spacial score (nSPS) is 15.6. The van der Waals surface area contributed by atoms with Crippen LogP contribution in [0.1, 0.15) is 36.0 Å². The predicted octanol–water partition coefficient (Wildman–Crippen LogP) is 2.54. The fraction of sp³-hybridized carbons (Fsp3) is 0.588. The van der Waals surface area contributed by atoms with Crippen LogP contribution in [0.3, 0.4) is 0 Å². The maximum Gasteiger partial charge on any atom is 0.307 e. The molecule has 1 atom stereocenters. The van der Waals surface area contributed by atoms with Crippen molar-refractivity contribution in [2.45, 2.75) is 51.6 Å². The van der Waals surface area contributed by atoms with Crippen molar-refractivity contribution < 1.29 is 14.3 Å². The molecule has 0 aromatic heterocycles. The zero-order valence-electron chi connectivity index (χ0n) is 13.4. The van der Waals surface area contributed by atoms with E-state index in [9.17, 15) is 4.79 Å². The SMILES string of the molecule is COC(=O)CC(Cc1cc(C)cc(C)c1OC)NC1CC1. The van der Waals surface area contributed by atoms with Crippen LogP contribution in [0.15, 0.2) is 12.1 Å². The molecule has 1 aliphatic rings. The van der Waals surface area contributed by atoms with E-state index in [1.54, 1.807) is 7.11 Å². The molecule has 4 nitrogen and oxygen atoms in total. The first-order chi connectivity index (χ1) is 10.0. The standard InChI is InChI=1S/C17H25NO3/c1-11-7-12(2)17(21-4)13(8-11)9-15(10-16(19)20-3)18-14-5-6-14/h7-8,14-15,18H,5-6,9-10H2,1-4H3. The van der Waals surface area contributed by atoms with Gasteiger partial charge < -0.3 is 14.8 Å². The van der Waals surface area contributed by atoms with E-state index in [4.69, 9.17) is 9.47 Å². The molecule has 4 heteroatoms. The molecule has 0 radical (unpaired) electrons. The molecule has 0 bridgehead atoms. The van der Waals surface area contributed by atoms with Gasteiger partial charge in [0.2, 0.25) is 0 Å². The molecule has 0 heterocycles. The summed E-state index contributed by atoms with van der Waals surface area (Å²) in [6, 6.07) is 4.91. The van der Waals surface area contributed by atoms with E-state index in [1.165, 1.54) is 25.5 Å². The molecule has 0 amide bonds. The number of esters is 1. The van der Waals surface area contributed by atoms with Gasteiger partial charge in [-0.05, 0) is 44.2 Å². The number of rotatable bonds is 7. The summed E-state index contributed by atoms with van der Waals surface area (Å²) in [6.07, 6.45) is 3.56. The summed E-state index contributed by atoms with van der Waals surface area (Å²) in [6.45, 7) is 4.14. The van der Waals surface area contributed by atoms with Crippen molar-refractivity contribution in [1.29, 1.82) is 0 Å². The average Bonchev–Trinajstić information content (AvgIpc) is 3.22. The lowest BCUT2D eigenvalue weighted by atomic mass is 9.98. The number of carbonyl (C=O) groups excluding carboxylic acids is 1. The summed E-state index contributed by atoms with van der Waals surface area (Å²) in [5.41, 5.74) is 3.50. The Morgan fingerprint density at radius 3 is 2.62 bits per heavy atom. The number of aryl methyl sites for hydroxylation is 2. The summed E-state index contributed by atoms with van der Waals surface area (Å²) >= 11 is 0. The molecule has 0 spiro atoms. The Bertz CT molecular complexity index is 509. The fourth-order valence-electron chi connectivity index (χ4n) is 2.81. The van der Waals surface area contributed by atoms with Gasteiger partial charge in [-0.2, -0.15) is 0 Å². The van der Waals surface area contributed by atoms with Crippen molar-refractivity contribution in [2.24, 2.45) is 0 Å². The third kappa shape index (κ3) is 4.46. The zero-order chi connectivity index (χ0) is 15.4. The van der Waals surface area contributed by atoms with Crippen LogP contribution in [-0.2, 0) is 16.0 Å². The monoisotopic (exact) mass is 291 g/mol. The van der Waals surface area contributed by atoms with Gasteiger partial charge in [0.25, 0.3) is 0 Å². The Labute approximate surface area is 126 Å². The number of nitrogens with one attached hydrogen (secondary N) is 1. The topological polar surface area (TPSA) is 47.6 Å². The third-order valence-corrected chi connectivity index (χ3v) is 3.86. The van der Waals surface area contributed by atoms with Crippen LogP contribution in [0.4, 0.5) is 0 Å². The smallest absolute Gasteiger partial charge is 0.307 e. The molecule has 1 aromatic carbocycles. The van der Waals surface area contributed by atoms with Gasteiger partial charge in [0, 0.05) is 12.1 Å². The molecule has 1 aliphatic carbocycles. The van der Waals surface area contributed by atoms with Crippen LogP contribution >= 0.6 is 0 Å². The van der Waals surface area contributed by atoms with Gasteiger partial charge in [-0.1, -0.05) is 17.7 Å². The first kappa shape index (κ1) is 15.8. The minimum absolute atomic E-state index is 0.0973. The predicted molar refractivity (Wildman–Crippen MR) is 82.8 cm³/mol. The minimum atomic E-state index is -0.170. The number of carbonyl (C=O) groups is 1. The van der Waals surface area contributed by atoms with E-state index >= 15 is 0 Å². The largest absolute Gasteiger partial charge is 0.496 e. The van der Waals surface area contributed by atoms with Gasteiger partial charge in [-0.25, -0.2) is 0 Å². The lowest BCUT2D eigenvalue weighted by Gasteiger charge is -2.20. The van der Waals surface area contributed by atoms with Crippen molar-refractivity contribution in [3.63, 3.8) is 0 Å². The molecular formula is C17H25NO3. The second-order valence-corrected chi connectivity index (χ2v) is 5.90. The average molecular weight is 291 g/mol. The van der Waals surface area contributed by atoms with E-state index in [0.29, 0.717) is 12.5 Å². The van der Waals surface area contributed by atoms with E-state index in [-0.39, 0.29) is 12.0 Å². The van der Waals surface area contributed by atoms with Crippen LogP contribution in [0, 0.1) is 13.8 Å². The van der Waals surface area contributed by atoms with E-state index in [2.05, 4.69) is 31.3 Å². The molecule has 2 rings (SSSR count). The van der Waals surface area contributed by atoms with Gasteiger partial charge in [0.1, 0.15) is 5.75 Å². The highest BCUT2D eigenvalue weighted by molar-refractivity contribution is 5.70. The summed E-state index contributed by atoms with van der Waals surface area (Å²) in [5, 5.41) is 3.54. The molecule has 1 saturated carbocycles. The number of benzene rings is 1. The Hall–Kier alpha value is -1.55. The second kappa shape index (κ2) is 6.94. The molecule has 116 valence electrons. The van der Waals surface area contributed by atoms with Crippen molar-refractivity contribution in [1.82, 2.24) is 5.32 Å². The number of ether oxygens (including phenoxy) is 2. The summed E-state index contributed by atoms with van der Waals surface area (Å²) in [4.78, 5) is 11.6. The number of hydrogen-bond acceptors (Lipinski definition) is 4.